The molecule has 2 rings (SSSR count). The van der Waals surface area contributed by atoms with E-state index in [-0.39, 0.29) is 17.1 Å². The Balaban J connectivity index is 2.02. The van der Waals surface area contributed by atoms with Gasteiger partial charge in [-0.05, 0) is 18.2 Å². The average molecular weight is 418 g/mol. The molecule has 2 aromatic carbocycles. The minimum atomic E-state index is -0.459. The van der Waals surface area contributed by atoms with Crippen LogP contribution in [-0.4, -0.2) is 32.6 Å². The van der Waals surface area contributed by atoms with E-state index >= 15 is 0 Å². The molecular weight excluding hydrogens is 403 g/mol. The molecule has 2 N–H and O–H groups in total. The number of amides is 2. The summed E-state index contributed by atoms with van der Waals surface area (Å²) in [5.41, 5.74) is 0.653. The number of hydrogen-bond donors (Lipinski definition) is 2. The lowest BCUT2D eigenvalue weighted by Gasteiger charge is -2.13. The van der Waals surface area contributed by atoms with E-state index in [1.54, 1.807) is 0 Å². The number of carbonyl (C=O) groups excluding carboxylic acids is 2. The molecule has 0 aromatic heterocycles. The molecule has 26 heavy (non-hydrogen) atoms. The predicted molar refractivity (Wildman–Crippen MR) is 102 cm³/mol. The molecule has 0 spiro atoms. The first-order valence-corrected chi connectivity index (χ1v) is 8.43. The quantitative estimate of drug-likeness (QED) is 0.744. The van der Waals surface area contributed by atoms with E-state index < -0.39 is 11.8 Å². The molecule has 6 nitrogen and oxygen atoms in total. The van der Waals surface area contributed by atoms with Crippen molar-refractivity contribution in [2.45, 2.75) is 0 Å². The predicted octanol–water partition coefficient (Wildman–Crippen LogP) is 4.03. The lowest BCUT2D eigenvalue weighted by atomic mass is 10.2. The minimum absolute atomic E-state index is 0.252. The number of methoxy groups -OCH3 is 2. The van der Waals surface area contributed by atoms with Crippen molar-refractivity contribution in [2.75, 3.05) is 26.1 Å². The van der Waals surface area contributed by atoms with Crippen molar-refractivity contribution in [1.82, 2.24) is 5.32 Å². The number of hydrogen-bond acceptors (Lipinski definition) is 4. The first-order valence-electron chi connectivity index (χ1n) is 7.30. The van der Waals surface area contributed by atoms with E-state index in [4.69, 9.17) is 44.3 Å². The van der Waals surface area contributed by atoms with Crippen molar-refractivity contribution < 1.29 is 19.1 Å². The third kappa shape index (κ3) is 4.94. The first-order chi connectivity index (χ1) is 12.3. The Hall–Kier alpha value is -2.15. The fourth-order valence-electron chi connectivity index (χ4n) is 2.05. The smallest absolute Gasteiger partial charge is 0.251 e. The maximum atomic E-state index is 12.1. The molecule has 0 fully saturated rings. The largest absolute Gasteiger partial charge is 0.495 e. The lowest BCUT2D eigenvalue weighted by Crippen LogP contribution is -2.32. The Bertz CT molecular complexity index is 843. The Labute approximate surface area is 165 Å². The average Bonchev–Trinajstić information content (AvgIpc) is 2.62. The Morgan fingerprint density at radius 3 is 2.23 bits per heavy atom. The van der Waals surface area contributed by atoms with Crippen LogP contribution >= 0.6 is 34.8 Å². The molecule has 0 aliphatic heterocycles. The summed E-state index contributed by atoms with van der Waals surface area (Å²) in [6, 6.07) is 7.48. The van der Waals surface area contributed by atoms with Gasteiger partial charge in [0.05, 0.1) is 41.5 Å². The van der Waals surface area contributed by atoms with Gasteiger partial charge in [0.15, 0.2) is 0 Å². The van der Waals surface area contributed by atoms with Crippen molar-refractivity contribution in [1.29, 1.82) is 0 Å². The Morgan fingerprint density at radius 1 is 0.923 bits per heavy atom. The van der Waals surface area contributed by atoms with Crippen LogP contribution in [-0.2, 0) is 4.79 Å². The minimum Gasteiger partial charge on any atom is -0.495 e. The molecule has 9 heteroatoms. The van der Waals surface area contributed by atoms with Gasteiger partial charge in [0.25, 0.3) is 5.91 Å². The van der Waals surface area contributed by atoms with E-state index in [2.05, 4.69) is 10.6 Å². The maximum Gasteiger partial charge on any atom is 0.251 e. The van der Waals surface area contributed by atoms with Crippen molar-refractivity contribution in [2.24, 2.45) is 0 Å². The number of anilines is 1. The number of carbonyl (C=O) groups is 2. The van der Waals surface area contributed by atoms with Gasteiger partial charge in [-0.3, -0.25) is 9.59 Å². The van der Waals surface area contributed by atoms with Gasteiger partial charge in [-0.2, -0.15) is 0 Å². The molecule has 0 atom stereocenters. The lowest BCUT2D eigenvalue weighted by molar-refractivity contribution is -0.115. The van der Waals surface area contributed by atoms with Crippen molar-refractivity contribution in [3.63, 3.8) is 0 Å². The molecule has 0 bridgehead atoms. The van der Waals surface area contributed by atoms with Crippen molar-refractivity contribution >= 4 is 52.3 Å². The molecule has 0 aliphatic rings. The molecular formula is C17H15Cl3N2O4. The van der Waals surface area contributed by atoms with E-state index in [1.807, 2.05) is 0 Å². The van der Waals surface area contributed by atoms with Crippen LogP contribution in [0.1, 0.15) is 10.4 Å². The van der Waals surface area contributed by atoms with E-state index in [0.717, 1.165) is 0 Å². The second-order valence-corrected chi connectivity index (χ2v) is 6.27. The summed E-state index contributed by atoms with van der Waals surface area (Å²) in [6.07, 6.45) is 0. The van der Waals surface area contributed by atoms with Crippen molar-refractivity contribution in [3.05, 3.63) is 51.0 Å². The number of nitrogens with one attached hydrogen (secondary N) is 2. The molecule has 2 amide bonds. The first kappa shape index (κ1) is 20.2. The van der Waals surface area contributed by atoms with Crippen LogP contribution in [0.5, 0.6) is 11.5 Å². The van der Waals surface area contributed by atoms with E-state index in [0.29, 0.717) is 27.2 Å². The molecule has 0 saturated heterocycles. The number of benzene rings is 2. The van der Waals surface area contributed by atoms with Crippen LogP contribution in [0.2, 0.25) is 15.1 Å². The highest BCUT2D eigenvalue weighted by atomic mass is 35.5. The van der Waals surface area contributed by atoms with Crippen LogP contribution in [0, 0.1) is 0 Å². The monoisotopic (exact) mass is 416 g/mol. The fourth-order valence-corrected chi connectivity index (χ4v) is 2.58. The second kappa shape index (κ2) is 8.98. The summed E-state index contributed by atoms with van der Waals surface area (Å²) in [5, 5.41) is 6.05. The zero-order chi connectivity index (χ0) is 19.3. The van der Waals surface area contributed by atoms with E-state index in [1.165, 1.54) is 44.6 Å². The SMILES string of the molecule is COc1cc(NC(=O)CNC(=O)c2ccc(Cl)c(Cl)c2)c(OC)cc1Cl. The van der Waals surface area contributed by atoms with Gasteiger partial charge in [0.2, 0.25) is 5.91 Å². The third-order valence-corrected chi connectivity index (χ3v) is 4.37. The second-order valence-electron chi connectivity index (χ2n) is 5.05. The van der Waals surface area contributed by atoms with Crippen LogP contribution in [0.15, 0.2) is 30.3 Å². The molecule has 0 saturated carbocycles. The normalized spacial score (nSPS) is 10.2. The summed E-state index contributed by atoms with van der Waals surface area (Å²) in [4.78, 5) is 24.2. The van der Waals surface area contributed by atoms with Crippen LogP contribution in [0.3, 0.4) is 0 Å². The van der Waals surface area contributed by atoms with Gasteiger partial charge in [0.1, 0.15) is 11.5 Å². The van der Waals surface area contributed by atoms with Gasteiger partial charge in [0, 0.05) is 17.7 Å². The summed E-state index contributed by atoms with van der Waals surface area (Å²) in [5.74, 6) is -0.178. The van der Waals surface area contributed by atoms with Gasteiger partial charge >= 0.3 is 0 Å². The summed E-state index contributed by atoms with van der Waals surface area (Å²) < 4.78 is 10.3. The van der Waals surface area contributed by atoms with Crippen molar-refractivity contribution in [3.8, 4) is 11.5 Å². The van der Waals surface area contributed by atoms with Gasteiger partial charge in [-0.1, -0.05) is 34.8 Å². The summed E-state index contributed by atoms with van der Waals surface area (Å²) in [6.45, 7) is -0.257. The van der Waals surface area contributed by atoms with E-state index in [9.17, 15) is 9.59 Å². The zero-order valence-corrected chi connectivity index (χ0v) is 16.1. The third-order valence-electron chi connectivity index (χ3n) is 3.34. The highest BCUT2D eigenvalue weighted by Crippen LogP contribution is 2.35. The number of ether oxygens (including phenoxy) is 2. The van der Waals surface area contributed by atoms with Crippen LogP contribution in [0.25, 0.3) is 0 Å². The topological polar surface area (TPSA) is 76.7 Å². The molecule has 0 radical (unpaired) electrons. The van der Waals surface area contributed by atoms with Gasteiger partial charge in [-0.25, -0.2) is 0 Å². The van der Waals surface area contributed by atoms with Gasteiger partial charge < -0.3 is 20.1 Å². The number of halogens is 3. The number of rotatable bonds is 6. The molecule has 138 valence electrons. The highest BCUT2D eigenvalue weighted by Gasteiger charge is 2.14. The Morgan fingerprint density at radius 2 is 1.62 bits per heavy atom. The molecule has 0 heterocycles. The summed E-state index contributed by atoms with van der Waals surface area (Å²) >= 11 is 17.7. The molecule has 2 aromatic rings. The Kier molecular flexibility index (Phi) is 6.97. The molecule has 0 unspecified atom stereocenters. The highest BCUT2D eigenvalue weighted by molar-refractivity contribution is 6.42. The van der Waals surface area contributed by atoms with Gasteiger partial charge in [-0.15, -0.1) is 0 Å². The van der Waals surface area contributed by atoms with Crippen LogP contribution < -0.4 is 20.1 Å². The fraction of sp³-hybridized carbons (Fsp3) is 0.176. The standard InChI is InChI=1S/C17H15Cl3N2O4/c1-25-14-7-13(15(26-2)6-12(14)20)22-16(23)8-21-17(24)9-3-4-10(18)11(19)5-9/h3-7H,8H2,1-2H3,(H,21,24)(H,22,23). The van der Waals surface area contributed by atoms with Crippen LogP contribution in [0.4, 0.5) is 5.69 Å². The zero-order valence-electron chi connectivity index (χ0n) is 13.9. The molecule has 0 aliphatic carbocycles. The summed E-state index contributed by atoms with van der Waals surface area (Å²) in [7, 11) is 2.90. The maximum absolute atomic E-state index is 12.1.